The van der Waals surface area contributed by atoms with Crippen LogP contribution in [0.25, 0.3) is 6.08 Å². The third-order valence-corrected chi connectivity index (χ3v) is 3.81. The highest BCUT2D eigenvalue weighted by atomic mass is 16.5. The fraction of sp³-hybridized carbons (Fsp3) is 0.316. The Morgan fingerprint density at radius 2 is 1.64 bits per heavy atom. The van der Waals surface area contributed by atoms with Crippen molar-refractivity contribution in [3.05, 3.63) is 47.4 Å². The molecule has 0 spiro atoms. The standard InChI is InChI=1S/C19H23NO5/c1-22-14-7-5-13(6-8-14)20-19(21)10-9-16-17(24-3)11-15(23-2)12-18(16)25-4/h5,7,9-12H,6,8H2,1-4H3,(H,20,21)/b10-9+. The van der Waals surface area contributed by atoms with Crippen LogP contribution in [0.3, 0.4) is 0 Å². The summed E-state index contributed by atoms with van der Waals surface area (Å²) in [6.07, 6.45) is 8.32. The molecule has 0 saturated heterocycles. The SMILES string of the molecule is COC1=CC=C(NC(=O)/C=C/c2c(OC)cc(OC)cc2OC)CC1. The average Bonchev–Trinajstić information content (AvgIpc) is 2.66. The van der Waals surface area contributed by atoms with Crippen molar-refractivity contribution in [2.45, 2.75) is 12.8 Å². The lowest BCUT2D eigenvalue weighted by Crippen LogP contribution is -2.21. The minimum atomic E-state index is -0.222. The fourth-order valence-corrected chi connectivity index (χ4v) is 2.45. The molecular formula is C19H23NO5. The molecule has 1 aromatic rings. The molecule has 25 heavy (non-hydrogen) atoms. The average molecular weight is 345 g/mol. The lowest BCUT2D eigenvalue weighted by atomic mass is 10.1. The summed E-state index contributed by atoms with van der Waals surface area (Å²) in [7, 11) is 6.32. The molecule has 0 aromatic heterocycles. The summed E-state index contributed by atoms with van der Waals surface area (Å²) >= 11 is 0. The molecule has 134 valence electrons. The van der Waals surface area contributed by atoms with Crippen molar-refractivity contribution in [2.75, 3.05) is 28.4 Å². The van der Waals surface area contributed by atoms with Gasteiger partial charge >= 0.3 is 0 Å². The van der Waals surface area contributed by atoms with E-state index in [9.17, 15) is 4.79 Å². The van der Waals surface area contributed by atoms with Crippen LogP contribution >= 0.6 is 0 Å². The van der Waals surface area contributed by atoms with Crippen LogP contribution in [-0.2, 0) is 9.53 Å². The number of hydrogen-bond acceptors (Lipinski definition) is 5. The van der Waals surface area contributed by atoms with E-state index in [2.05, 4.69) is 5.32 Å². The predicted molar refractivity (Wildman–Crippen MR) is 95.7 cm³/mol. The molecule has 0 fully saturated rings. The summed E-state index contributed by atoms with van der Waals surface area (Å²) in [5, 5.41) is 2.86. The summed E-state index contributed by atoms with van der Waals surface area (Å²) < 4.78 is 21.1. The zero-order chi connectivity index (χ0) is 18.2. The van der Waals surface area contributed by atoms with Crippen LogP contribution in [0.15, 0.2) is 41.8 Å². The Morgan fingerprint density at radius 3 is 2.12 bits per heavy atom. The van der Waals surface area contributed by atoms with E-state index < -0.39 is 0 Å². The van der Waals surface area contributed by atoms with Crippen LogP contribution in [0.5, 0.6) is 17.2 Å². The summed E-state index contributed by atoms with van der Waals surface area (Å²) in [4.78, 5) is 12.2. The molecule has 2 rings (SSSR count). The van der Waals surface area contributed by atoms with Gasteiger partial charge in [-0.1, -0.05) is 0 Å². The molecule has 0 atom stereocenters. The van der Waals surface area contributed by atoms with Crippen molar-refractivity contribution in [3.63, 3.8) is 0 Å². The maximum atomic E-state index is 12.2. The van der Waals surface area contributed by atoms with Crippen molar-refractivity contribution in [2.24, 2.45) is 0 Å². The summed E-state index contributed by atoms with van der Waals surface area (Å²) in [5.74, 6) is 2.42. The Labute approximate surface area is 147 Å². The third kappa shape index (κ3) is 4.79. The molecule has 0 aliphatic heterocycles. The van der Waals surface area contributed by atoms with Crippen molar-refractivity contribution >= 4 is 12.0 Å². The Bertz CT molecular complexity index is 694. The van der Waals surface area contributed by atoms with Gasteiger partial charge in [0.1, 0.15) is 17.2 Å². The first-order valence-corrected chi connectivity index (χ1v) is 7.84. The van der Waals surface area contributed by atoms with Gasteiger partial charge in [0.2, 0.25) is 5.91 Å². The van der Waals surface area contributed by atoms with Gasteiger partial charge in [0.15, 0.2) is 0 Å². The van der Waals surface area contributed by atoms with Crippen molar-refractivity contribution in [3.8, 4) is 17.2 Å². The summed E-state index contributed by atoms with van der Waals surface area (Å²) in [6.45, 7) is 0. The van der Waals surface area contributed by atoms with Gasteiger partial charge in [0, 0.05) is 30.3 Å². The number of rotatable bonds is 7. The zero-order valence-corrected chi connectivity index (χ0v) is 14.9. The number of benzene rings is 1. The Balaban J connectivity index is 2.14. The van der Waals surface area contributed by atoms with Gasteiger partial charge in [-0.25, -0.2) is 0 Å². The highest BCUT2D eigenvalue weighted by Gasteiger charge is 2.12. The van der Waals surface area contributed by atoms with E-state index in [-0.39, 0.29) is 5.91 Å². The van der Waals surface area contributed by atoms with E-state index in [0.717, 1.165) is 24.3 Å². The number of ether oxygens (including phenoxy) is 4. The van der Waals surface area contributed by atoms with Crippen LogP contribution < -0.4 is 19.5 Å². The molecule has 6 nitrogen and oxygen atoms in total. The normalized spacial score (nSPS) is 13.8. The number of allylic oxidation sites excluding steroid dienone is 4. The van der Waals surface area contributed by atoms with Gasteiger partial charge < -0.3 is 24.3 Å². The number of nitrogens with one attached hydrogen (secondary N) is 1. The second-order valence-corrected chi connectivity index (χ2v) is 5.30. The third-order valence-electron chi connectivity index (χ3n) is 3.81. The van der Waals surface area contributed by atoms with Crippen molar-refractivity contribution < 1.29 is 23.7 Å². The van der Waals surface area contributed by atoms with E-state index in [1.165, 1.54) is 6.08 Å². The number of carbonyl (C=O) groups is 1. The molecule has 0 unspecified atom stereocenters. The maximum Gasteiger partial charge on any atom is 0.248 e. The Kier molecular flexibility index (Phi) is 6.51. The van der Waals surface area contributed by atoms with E-state index in [4.69, 9.17) is 18.9 Å². The largest absolute Gasteiger partial charge is 0.501 e. The van der Waals surface area contributed by atoms with Crippen LogP contribution in [-0.4, -0.2) is 34.3 Å². The van der Waals surface area contributed by atoms with Gasteiger partial charge in [0.25, 0.3) is 0 Å². The highest BCUT2D eigenvalue weighted by molar-refractivity contribution is 5.93. The first-order valence-electron chi connectivity index (χ1n) is 7.84. The first-order chi connectivity index (χ1) is 12.1. The van der Waals surface area contributed by atoms with Crippen LogP contribution in [0.1, 0.15) is 18.4 Å². The summed E-state index contributed by atoms with van der Waals surface area (Å²) in [6, 6.07) is 3.47. The lowest BCUT2D eigenvalue weighted by Gasteiger charge is -2.14. The molecule has 0 saturated carbocycles. The predicted octanol–water partition coefficient (Wildman–Crippen LogP) is 3.05. The molecule has 1 N–H and O–H groups in total. The fourth-order valence-electron chi connectivity index (χ4n) is 2.45. The molecule has 1 aliphatic rings. The van der Waals surface area contributed by atoms with E-state index >= 15 is 0 Å². The second-order valence-electron chi connectivity index (χ2n) is 5.30. The Morgan fingerprint density at radius 1 is 0.960 bits per heavy atom. The van der Waals surface area contributed by atoms with E-state index in [1.54, 1.807) is 46.6 Å². The van der Waals surface area contributed by atoms with Gasteiger partial charge in [-0.3, -0.25) is 4.79 Å². The number of amides is 1. The number of hydrogen-bond donors (Lipinski definition) is 1. The first kappa shape index (κ1) is 18.4. The number of methoxy groups -OCH3 is 4. The molecule has 1 aliphatic carbocycles. The highest BCUT2D eigenvalue weighted by Crippen LogP contribution is 2.34. The van der Waals surface area contributed by atoms with Crippen molar-refractivity contribution in [1.29, 1.82) is 0 Å². The minimum Gasteiger partial charge on any atom is -0.501 e. The minimum absolute atomic E-state index is 0.222. The molecular weight excluding hydrogens is 322 g/mol. The molecule has 1 aromatic carbocycles. The zero-order valence-electron chi connectivity index (χ0n) is 14.9. The van der Waals surface area contributed by atoms with Crippen LogP contribution in [0.2, 0.25) is 0 Å². The van der Waals surface area contributed by atoms with Gasteiger partial charge in [-0.05, 0) is 24.6 Å². The van der Waals surface area contributed by atoms with Gasteiger partial charge in [-0.2, -0.15) is 0 Å². The Hall–Kier alpha value is -2.89. The molecule has 6 heteroatoms. The van der Waals surface area contributed by atoms with Crippen molar-refractivity contribution in [1.82, 2.24) is 5.32 Å². The van der Waals surface area contributed by atoms with Crippen LogP contribution in [0, 0.1) is 0 Å². The molecule has 0 heterocycles. The second kappa shape index (κ2) is 8.82. The van der Waals surface area contributed by atoms with E-state index in [1.807, 2.05) is 12.2 Å². The quantitative estimate of drug-likeness (QED) is 0.770. The molecule has 1 amide bonds. The van der Waals surface area contributed by atoms with Gasteiger partial charge in [0.05, 0.1) is 39.8 Å². The van der Waals surface area contributed by atoms with E-state index in [0.29, 0.717) is 22.8 Å². The summed E-state index contributed by atoms with van der Waals surface area (Å²) in [5.41, 5.74) is 1.52. The maximum absolute atomic E-state index is 12.2. The topological polar surface area (TPSA) is 66.0 Å². The smallest absolute Gasteiger partial charge is 0.248 e. The van der Waals surface area contributed by atoms with Gasteiger partial charge in [-0.15, -0.1) is 0 Å². The van der Waals surface area contributed by atoms with Crippen LogP contribution in [0.4, 0.5) is 0 Å². The monoisotopic (exact) mass is 345 g/mol. The number of carbonyl (C=O) groups excluding carboxylic acids is 1. The lowest BCUT2D eigenvalue weighted by molar-refractivity contribution is -0.115. The molecule has 0 radical (unpaired) electrons. The molecule has 0 bridgehead atoms.